The Morgan fingerprint density at radius 2 is 0.667 bits per heavy atom. The molecule has 0 aromatic carbocycles. The van der Waals surface area contributed by atoms with Crippen LogP contribution >= 0.6 is 0 Å². The van der Waals surface area contributed by atoms with Crippen LogP contribution in [0.3, 0.4) is 0 Å². The maximum atomic E-state index is 13.4. The van der Waals surface area contributed by atoms with Crippen LogP contribution in [0, 0.1) is 0 Å². The van der Waals surface area contributed by atoms with E-state index in [1.54, 1.807) is 0 Å². The van der Waals surface area contributed by atoms with Crippen molar-refractivity contribution in [2.75, 3.05) is 26.2 Å². The minimum Gasteiger partial charge on any atom is -0.746 e. The SMILES string of the molecule is CC[N+](CC)(CC)CC.O=S(=O)([O-])C(F)C(F)(F)C(F)(F)C(F)(F)C(F)(F)C(F)(F)C(F)(F)C(F)(F)C(F)(F)C(F)(F)C(F)F. The molecule has 26 heteroatoms. The van der Waals surface area contributed by atoms with Gasteiger partial charge in [-0.25, -0.2) is 21.6 Å². The molecular weight excluding hydrogens is 721 g/mol. The third-order valence-electron chi connectivity index (χ3n) is 6.70. The highest BCUT2D eigenvalue weighted by Crippen LogP contribution is 2.65. The lowest BCUT2D eigenvalue weighted by Crippen LogP contribution is -2.77. The monoisotopic (exact) mass is 743 g/mol. The van der Waals surface area contributed by atoms with E-state index in [-0.39, 0.29) is 0 Å². The highest BCUT2D eigenvalue weighted by Gasteiger charge is 2.97. The van der Waals surface area contributed by atoms with E-state index >= 15 is 0 Å². The lowest BCUT2D eigenvalue weighted by Gasteiger charge is -2.44. The van der Waals surface area contributed by atoms with Gasteiger partial charge in [0.05, 0.1) is 26.2 Å². The lowest BCUT2D eigenvalue weighted by molar-refractivity contribution is -0.921. The molecule has 0 aliphatic carbocycles. The van der Waals surface area contributed by atoms with E-state index in [1.165, 1.54) is 30.7 Å². The van der Waals surface area contributed by atoms with Crippen molar-refractivity contribution in [1.29, 1.82) is 0 Å². The fourth-order valence-electron chi connectivity index (χ4n) is 3.21. The van der Waals surface area contributed by atoms with Crippen LogP contribution in [0.2, 0.25) is 0 Å². The van der Waals surface area contributed by atoms with E-state index in [0.29, 0.717) is 0 Å². The number of hydrogen-bond donors (Lipinski definition) is 0. The van der Waals surface area contributed by atoms with E-state index < -0.39 is 75.4 Å². The van der Waals surface area contributed by atoms with Crippen molar-refractivity contribution < 1.29 is 110 Å². The second kappa shape index (κ2) is 13.1. The van der Waals surface area contributed by atoms with Crippen LogP contribution in [0.15, 0.2) is 0 Å². The predicted octanol–water partition coefficient (Wildman–Crippen LogP) is 7.69. The van der Waals surface area contributed by atoms with Gasteiger partial charge in [0.25, 0.3) is 5.50 Å². The van der Waals surface area contributed by atoms with E-state index in [2.05, 4.69) is 27.7 Å². The Bertz CT molecular complexity index is 1070. The largest absolute Gasteiger partial charge is 0.746 e. The van der Waals surface area contributed by atoms with E-state index in [0.717, 1.165) is 0 Å². The first kappa shape index (κ1) is 45.5. The first-order chi connectivity index (χ1) is 19.3. The molecule has 0 aliphatic rings. The third kappa shape index (κ3) is 6.87. The van der Waals surface area contributed by atoms with Crippen molar-refractivity contribution >= 4 is 10.1 Å². The third-order valence-corrected chi connectivity index (χ3v) is 7.50. The topological polar surface area (TPSA) is 57.2 Å². The average Bonchev–Trinajstić information content (AvgIpc) is 2.88. The summed E-state index contributed by atoms with van der Waals surface area (Å²) in [5, 5.41) is 0. The summed E-state index contributed by atoms with van der Waals surface area (Å²) in [6.45, 7) is 14.2. The maximum absolute atomic E-state index is 13.4. The van der Waals surface area contributed by atoms with Gasteiger partial charge in [0.1, 0.15) is 10.1 Å². The van der Waals surface area contributed by atoms with Crippen molar-refractivity contribution in [2.45, 2.75) is 92.9 Å². The fraction of sp³-hybridized carbons (Fsp3) is 1.00. The first-order valence-electron chi connectivity index (χ1n) is 11.5. The quantitative estimate of drug-likeness (QED) is 0.0983. The molecule has 0 amide bonds. The molecule has 45 heavy (non-hydrogen) atoms. The van der Waals surface area contributed by atoms with Crippen LogP contribution in [0.5, 0.6) is 0 Å². The number of nitrogens with zero attached hydrogens (tertiary/aromatic N) is 1. The summed E-state index contributed by atoms with van der Waals surface area (Å²) >= 11 is 0. The maximum Gasteiger partial charge on any atom is 0.385 e. The highest BCUT2D eigenvalue weighted by atomic mass is 32.2. The number of halogens is 21. The molecule has 0 saturated carbocycles. The summed E-state index contributed by atoms with van der Waals surface area (Å²) in [5.41, 5.74) is -6.27. The van der Waals surface area contributed by atoms with Crippen molar-refractivity contribution in [1.82, 2.24) is 0 Å². The van der Waals surface area contributed by atoms with Gasteiger partial charge in [-0.05, 0) is 27.7 Å². The highest BCUT2D eigenvalue weighted by molar-refractivity contribution is 7.86. The smallest absolute Gasteiger partial charge is 0.385 e. The lowest BCUT2D eigenvalue weighted by atomic mass is 9.86. The average molecular weight is 743 g/mol. The molecule has 0 aromatic heterocycles. The number of quaternary nitrogens is 1. The zero-order valence-corrected chi connectivity index (χ0v) is 23.3. The van der Waals surface area contributed by atoms with Gasteiger partial charge >= 0.3 is 59.7 Å². The van der Waals surface area contributed by atoms with E-state index in [1.807, 2.05) is 0 Å². The van der Waals surface area contributed by atoms with Gasteiger partial charge in [0.2, 0.25) is 0 Å². The summed E-state index contributed by atoms with van der Waals surface area (Å²) in [5.74, 6) is -79.3. The first-order valence-corrected chi connectivity index (χ1v) is 12.9. The predicted molar refractivity (Wildman–Crippen MR) is 108 cm³/mol. The van der Waals surface area contributed by atoms with Gasteiger partial charge in [-0.3, -0.25) is 0 Å². The molecule has 1 atom stereocenters. The fourth-order valence-corrected chi connectivity index (χ4v) is 3.72. The summed E-state index contributed by atoms with van der Waals surface area (Å²) in [7, 11) is -7.61. The van der Waals surface area contributed by atoms with Gasteiger partial charge in [-0.2, -0.15) is 79.0 Å². The normalized spacial score (nSPS) is 16.4. The minimum atomic E-state index is -9.32. The van der Waals surface area contributed by atoms with Crippen LogP contribution in [-0.4, -0.2) is 109 Å². The minimum absolute atomic E-state index is 1.28. The van der Waals surface area contributed by atoms with Gasteiger partial charge in [0, 0.05) is 0 Å². The Hall–Kier alpha value is -1.60. The van der Waals surface area contributed by atoms with Gasteiger partial charge in [-0.1, -0.05) is 0 Å². The Balaban J connectivity index is 0. The van der Waals surface area contributed by atoms with Crippen LogP contribution in [0.25, 0.3) is 0 Å². The van der Waals surface area contributed by atoms with Gasteiger partial charge in [-0.15, -0.1) is 0 Å². The van der Waals surface area contributed by atoms with Crippen LogP contribution in [0.4, 0.5) is 92.2 Å². The molecule has 274 valence electrons. The number of alkyl halides is 21. The Labute approximate surface area is 239 Å². The van der Waals surface area contributed by atoms with Crippen molar-refractivity contribution in [2.24, 2.45) is 0 Å². The number of hydrogen-bond acceptors (Lipinski definition) is 3. The molecule has 0 aliphatic heterocycles. The molecule has 0 N–H and O–H groups in total. The Morgan fingerprint density at radius 1 is 0.467 bits per heavy atom. The summed E-state index contributed by atoms with van der Waals surface area (Å²) in [4.78, 5) is 0. The standard InChI is InChI=1S/C11H3F21O3S.C8H20N/c12-1(13)3(15,16)5(19,20)7(23,24)9(27,28)11(31,32)10(29,30)8(25,26)6(21,22)4(17,18)2(14)36(33,34)35;1-5-9(6-2,7-3)8-4/h1-2H,(H,33,34,35);5-8H2,1-4H3/q;+1/p-1. The molecular formula is C19H22F21NO3S. The van der Waals surface area contributed by atoms with Crippen LogP contribution in [0.1, 0.15) is 27.7 Å². The van der Waals surface area contributed by atoms with Crippen molar-refractivity contribution in [3.8, 4) is 0 Å². The van der Waals surface area contributed by atoms with E-state index in [4.69, 9.17) is 0 Å². The second-order valence-corrected chi connectivity index (χ2v) is 10.4. The van der Waals surface area contributed by atoms with Gasteiger partial charge < -0.3 is 9.04 Å². The summed E-state index contributed by atoms with van der Waals surface area (Å²) in [6, 6.07) is 0. The van der Waals surface area contributed by atoms with Crippen molar-refractivity contribution in [3.05, 3.63) is 0 Å². The van der Waals surface area contributed by atoms with Crippen molar-refractivity contribution in [3.63, 3.8) is 0 Å². The Morgan fingerprint density at radius 3 is 0.822 bits per heavy atom. The Kier molecular flexibility index (Phi) is 13.3. The second-order valence-electron chi connectivity index (χ2n) is 8.98. The molecule has 0 bridgehead atoms. The summed E-state index contributed by atoms with van der Waals surface area (Å²) in [6.07, 6.45) is -6.21. The molecule has 0 heterocycles. The molecule has 0 aromatic rings. The summed E-state index contributed by atoms with van der Waals surface area (Å²) < 4.78 is 305. The molecule has 0 radical (unpaired) electrons. The molecule has 1 unspecified atom stereocenters. The van der Waals surface area contributed by atoms with Crippen LogP contribution < -0.4 is 0 Å². The molecule has 0 rings (SSSR count). The zero-order chi connectivity index (χ0) is 37.5. The molecule has 0 fully saturated rings. The van der Waals surface area contributed by atoms with Crippen LogP contribution in [-0.2, 0) is 10.1 Å². The van der Waals surface area contributed by atoms with E-state index in [9.17, 15) is 105 Å². The zero-order valence-electron chi connectivity index (χ0n) is 22.5. The molecule has 0 saturated heterocycles. The molecule has 4 nitrogen and oxygen atoms in total. The molecule has 0 spiro atoms. The van der Waals surface area contributed by atoms with Gasteiger partial charge in [0.15, 0.2) is 0 Å². The number of rotatable bonds is 15.